The monoisotopic (exact) mass is 362 g/mol. The highest BCUT2D eigenvalue weighted by Gasteiger charge is 2.24. The molecule has 1 aromatic carbocycles. The summed E-state index contributed by atoms with van der Waals surface area (Å²) in [6.07, 6.45) is 2.54. The molecule has 0 spiro atoms. The summed E-state index contributed by atoms with van der Waals surface area (Å²) in [5.41, 5.74) is 5.93. The summed E-state index contributed by atoms with van der Waals surface area (Å²) < 4.78 is 0. The molecule has 2 aromatic heterocycles. The number of fused-ring (bicyclic) bond motifs is 2. The predicted molar refractivity (Wildman–Crippen MR) is 104 cm³/mol. The van der Waals surface area contributed by atoms with Crippen LogP contribution in [0.25, 0.3) is 10.9 Å². The Kier molecular flexibility index (Phi) is 4.26. The van der Waals surface area contributed by atoms with Crippen LogP contribution in [-0.4, -0.2) is 38.8 Å². The summed E-state index contributed by atoms with van der Waals surface area (Å²) in [4.78, 5) is 38.8. The SMILES string of the molecule is Cc1cc(C)c2nc(C)cc(C(=O)N3CCc4nc[nH]c(=O)c4CC3)c2c1. The fraction of sp³-hybridized carbons (Fsp3) is 0.333. The van der Waals surface area contributed by atoms with Gasteiger partial charge in [-0.2, -0.15) is 0 Å². The molecule has 6 nitrogen and oxygen atoms in total. The molecule has 0 atom stereocenters. The van der Waals surface area contributed by atoms with Crippen molar-refractivity contribution in [3.63, 3.8) is 0 Å². The lowest BCUT2D eigenvalue weighted by molar-refractivity contribution is 0.0764. The van der Waals surface area contributed by atoms with Crippen LogP contribution in [0.1, 0.15) is 38.4 Å². The zero-order chi connectivity index (χ0) is 19.1. The molecule has 4 rings (SSSR count). The summed E-state index contributed by atoms with van der Waals surface area (Å²) in [6.45, 7) is 7.03. The van der Waals surface area contributed by atoms with E-state index < -0.39 is 0 Å². The van der Waals surface area contributed by atoms with Crippen molar-refractivity contribution in [3.05, 3.63) is 68.5 Å². The number of nitrogens with one attached hydrogen (secondary N) is 1. The maximum atomic E-state index is 13.4. The van der Waals surface area contributed by atoms with E-state index in [4.69, 9.17) is 0 Å². The van der Waals surface area contributed by atoms with Crippen molar-refractivity contribution >= 4 is 16.8 Å². The van der Waals surface area contributed by atoms with Crippen molar-refractivity contribution in [2.75, 3.05) is 13.1 Å². The Balaban J connectivity index is 1.74. The molecule has 1 amide bonds. The van der Waals surface area contributed by atoms with Gasteiger partial charge in [0, 0.05) is 36.2 Å². The second kappa shape index (κ2) is 6.61. The quantitative estimate of drug-likeness (QED) is 0.721. The number of pyridine rings is 1. The van der Waals surface area contributed by atoms with Crippen LogP contribution >= 0.6 is 0 Å². The van der Waals surface area contributed by atoms with Gasteiger partial charge in [-0.05, 0) is 44.9 Å². The van der Waals surface area contributed by atoms with E-state index in [1.807, 2.05) is 37.8 Å². The highest BCUT2D eigenvalue weighted by Crippen LogP contribution is 2.25. The summed E-state index contributed by atoms with van der Waals surface area (Å²) in [6, 6.07) is 5.98. The minimum atomic E-state index is -0.106. The molecular formula is C21H22N4O2. The molecule has 27 heavy (non-hydrogen) atoms. The molecule has 0 aliphatic carbocycles. The average Bonchev–Trinajstić information content (AvgIpc) is 2.85. The predicted octanol–water partition coefficient (Wildman–Crippen LogP) is 2.48. The smallest absolute Gasteiger partial charge is 0.254 e. The molecule has 3 aromatic rings. The van der Waals surface area contributed by atoms with Crippen molar-refractivity contribution in [2.24, 2.45) is 0 Å². The molecule has 1 aliphatic heterocycles. The molecule has 1 aliphatic rings. The summed E-state index contributed by atoms with van der Waals surface area (Å²) in [7, 11) is 0. The molecule has 1 N–H and O–H groups in total. The number of amides is 1. The van der Waals surface area contributed by atoms with E-state index in [-0.39, 0.29) is 11.5 Å². The number of H-pyrrole nitrogens is 1. The number of hydrogen-bond acceptors (Lipinski definition) is 4. The van der Waals surface area contributed by atoms with Gasteiger partial charge in [0.2, 0.25) is 0 Å². The lowest BCUT2D eigenvalue weighted by Gasteiger charge is -2.21. The average molecular weight is 362 g/mol. The number of aryl methyl sites for hydroxylation is 3. The highest BCUT2D eigenvalue weighted by molar-refractivity contribution is 6.07. The summed E-state index contributed by atoms with van der Waals surface area (Å²) in [5.74, 6) is -0.0141. The zero-order valence-corrected chi connectivity index (χ0v) is 15.8. The fourth-order valence-corrected chi connectivity index (χ4v) is 3.90. The number of aromatic nitrogens is 3. The number of aromatic amines is 1. The molecule has 0 radical (unpaired) electrons. The second-order valence-corrected chi connectivity index (χ2v) is 7.24. The standard InChI is InChI=1S/C21H22N4O2/c1-12-8-13(2)19-16(9-12)17(10-14(3)24-19)21(27)25-6-4-15-18(5-7-25)22-11-23-20(15)26/h8-11H,4-7H2,1-3H3,(H,22,23,26). The molecule has 0 bridgehead atoms. The summed E-state index contributed by atoms with van der Waals surface area (Å²) >= 11 is 0. The van der Waals surface area contributed by atoms with Crippen LogP contribution in [0.4, 0.5) is 0 Å². The van der Waals surface area contributed by atoms with E-state index >= 15 is 0 Å². The molecule has 138 valence electrons. The molecule has 6 heteroatoms. The minimum absolute atomic E-state index is 0.0141. The number of carbonyl (C=O) groups is 1. The van der Waals surface area contributed by atoms with Gasteiger partial charge in [-0.25, -0.2) is 4.98 Å². The van der Waals surface area contributed by atoms with Crippen LogP contribution < -0.4 is 5.56 Å². The van der Waals surface area contributed by atoms with E-state index in [1.54, 1.807) is 0 Å². The fourth-order valence-electron chi connectivity index (χ4n) is 3.90. The maximum Gasteiger partial charge on any atom is 0.254 e. The van der Waals surface area contributed by atoms with Crippen LogP contribution in [0.5, 0.6) is 0 Å². The van der Waals surface area contributed by atoms with Crippen molar-refractivity contribution < 1.29 is 4.79 Å². The largest absolute Gasteiger partial charge is 0.338 e. The number of nitrogens with zero attached hydrogens (tertiary/aromatic N) is 3. The Hall–Kier alpha value is -3.02. The second-order valence-electron chi connectivity index (χ2n) is 7.24. The summed E-state index contributed by atoms with van der Waals surface area (Å²) in [5, 5.41) is 0.890. The van der Waals surface area contributed by atoms with E-state index in [9.17, 15) is 9.59 Å². The Morgan fingerprint density at radius 3 is 2.70 bits per heavy atom. The van der Waals surface area contributed by atoms with Crippen LogP contribution in [-0.2, 0) is 12.8 Å². The van der Waals surface area contributed by atoms with Gasteiger partial charge in [-0.3, -0.25) is 14.6 Å². The van der Waals surface area contributed by atoms with Crippen molar-refractivity contribution in [3.8, 4) is 0 Å². The van der Waals surface area contributed by atoms with Crippen LogP contribution in [0.3, 0.4) is 0 Å². The number of carbonyl (C=O) groups excluding carboxylic acids is 1. The van der Waals surface area contributed by atoms with Gasteiger partial charge in [0.25, 0.3) is 11.5 Å². The number of rotatable bonds is 1. The molecule has 0 unspecified atom stereocenters. The molecule has 0 saturated heterocycles. The third-order valence-electron chi connectivity index (χ3n) is 5.18. The highest BCUT2D eigenvalue weighted by atomic mass is 16.2. The number of benzene rings is 1. The third-order valence-corrected chi connectivity index (χ3v) is 5.18. The first-order valence-electron chi connectivity index (χ1n) is 9.17. The first-order chi connectivity index (χ1) is 12.9. The normalized spacial score (nSPS) is 14.1. The minimum Gasteiger partial charge on any atom is -0.338 e. The maximum absolute atomic E-state index is 13.4. The van der Waals surface area contributed by atoms with Gasteiger partial charge < -0.3 is 9.88 Å². The zero-order valence-electron chi connectivity index (χ0n) is 15.8. The molecule has 0 fully saturated rings. The Bertz CT molecular complexity index is 1120. The first kappa shape index (κ1) is 17.4. The molecule has 0 saturated carbocycles. The number of hydrogen-bond donors (Lipinski definition) is 1. The van der Waals surface area contributed by atoms with Gasteiger partial charge >= 0.3 is 0 Å². The van der Waals surface area contributed by atoms with Gasteiger partial charge in [0.1, 0.15) is 0 Å². The first-order valence-corrected chi connectivity index (χ1v) is 9.17. The lowest BCUT2D eigenvalue weighted by atomic mass is 10.0. The van der Waals surface area contributed by atoms with Crippen LogP contribution in [0.15, 0.2) is 29.3 Å². The van der Waals surface area contributed by atoms with Crippen molar-refractivity contribution in [2.45, 2.75) is 33.6 Å². The van der Waals surface area contributed by atoms with E-state index in [2.05, 4.69) is 21.0 Å². The molecular weight excluding hydrogens is 340 g/mol. The van der Waals surface area contributed by atoms with Gasteiger partial charge in [-0.1, -0.05) is 11.6 Å². The van der Waals surface area contributed by atoms with Crippen LogP contribution in [0.2, 0.25) is 0 Å². The Labute approximate surface area is 157 Å². The topological polar surface area (TPSA) is 79.0 Å². The van der Waals surface area contributed by atoms with Crippen molar-refractivity contribution in [1.82, 2.24) is 19.9 Å². The van der Waals surface area contributed by atoms with E-state index in [1.165, 1.54) is 6.33 Å². The van der Waals surface area contributed by atoms with Gasteiger partial charge in [-0.15, -0.1) is 0 Å². The van der Waals surface area contributed by atoms with E-state index in [0.29, 0.717) is 37.1 Å². The van der Waals surface area contributed by atoms with E-state index in [0.717, 1.165) is 33.4 Å². The Morgan fingerprint density at radius 2 is 1.89 bits per heavy atom. The van der Waals surface area contributed by atoms with Gasteiger partial charge in [0.05, 0.1) is 23.1 Å². The lowest BCUT2D eigenvalue weighted by Crippen LogP contribution is -2.33. The van der Waals surface area contributed by atoms with Gasteiger partial charge in [0.15, 0.2) is 0 Å². The molecule has 3 heterocycles. The van der Waals surface area contributed by atoms with Crippen molar-refractivity contribution in [1.29, 1.82) is 0 Å². The third kappa shape index (κ3) is 3.12. The Morgan fingerprint density at radius 1 is 1.11 bits per heavy atom. The van der Waals surface area contributed by atoms with Crippen LogP contribution in [0, 0.1) is 20.8 Å².